The number of amides is 1. The number of ether oxygens (including phenoxy) is 2. The number of methoxy groups -OCH3 is 1. The first-order valence-corrected chi connectivity index (χ1v) is 8.59. The van der Waals surface area contributed by atoms with Gasteiger partial charge in [-0.2, -0.15) is 0 Å². The van der Waals surface area contributed by atoms with Gasteiger partial charge in [-0.3, -0.25) is 14.4 Å². The summed E-state index contributed by atoms with van der Waals surface area (Å²) >= 11 is 0. The lowest BCUT2D eigenvalue weighted by atomic mass is 10.1. The van der Waals surface area contributed by atoms with Crippen molar-refractivity contribution >= 4 is 11.9 Å². The monoisotopic (exact) mass is 350 g/mol. The fourth-order valence-electron chi connectivity index (χ4n) is 2.86. The van der Waals surface area contributed by atoms with E-state index in [0.29, 0.717) is 31.7 Å². The molecule has 2 heterocycles. The van der Waals surface area contributed by atoms with Crippen molar-refractivity contribution in [1.29, 1.82) is 0 Å². The Morgan fingerprint density at radius 3 is 2.48 bits per heavy atom. The summed E-state index contributed by atoms with van der Waals surface area (Å²) in [7, 11) is 3.07. The smallest absolute Gasteiger partial charge is 0.305 e. The third kappa shape index (κ3) is 5.34. The number of rotatable bonds is 6. The molecule has 0 saturated carbocycles. The van der Waals surface area contributed by atoms with Crippen LogP contribution in [0, 0.1) is 6.92 Å². The standard InChI is InChI=1S/C18H26N2O5/c1-13-11-15(12-17(22)19(13)2)25-14-7-9-20(10-8-14)16(21)5-4-6-18(23)24-3/h11-12,14H,4-10H2,1-3H3. The van der Waals surface area contributed by atoms with Crippen LogP contribution in [0.2, 0.25) is 0 Å². The fraction of sp³-hybridized carbons (Fsp3) is 0.611. The van der Waals surface area contributed by atoms with Crippen LogP contribution < -0.4 is 10.3 Å². The van der Waals surface area contributed by atoms with E-state index in [9.17, 15) is 14.4 Å². The summed E-state index contributed by atoms with van der Waals surface area (Å²) in [6.45, 7) is 3.13. The number of carbonyl (C=O) groups excluding carboxylic acids is 2. The van der Waals surface area contributed by atoms with Gasteiger partial charge in [0.2, 0.25) is 5.91 Å². The van der Waals surface area contributed by atoms with E-state index in [-0.39, 0.29) is 30.0 Å². The van der Waals surface area contributed by atoms with E-state index in [4.69, 9.17) is 4.74 Å². The highest BCUT2D eigenvalue weighted by Crippen LogP contribution is 2.19. The minimum atomic E-state index is -0.288. The van der Waals surface area contributed by atoms with E-state index in [1.807, 2.05) is 17.9 Å². The molecule has 138 valence electrons. The van der Waals surface area contributed by atoms with E-state index in [1.54, 1.807) is 11.6 Å². The zero-order valence-corrected chi connectivity index (χ0v) is 15.1. The molecule has 0 spiro atoms. The number of likely N-dealkylation sites (tertiary alicyclic amines) is 1. The molecule has 0 bridgehead atoms. The van der Waals surface area contributed by atoms with Crippen LogP contribution in [-0.4, -0.2) is 47.6 Å². The molecule has 0 unspecified atom stereocenters. The van der Waals surface area contributed by atoms with Crippen LogP contribution in [-0.2, 0) is 21.4 Å². The van der Waals surface area contributed by atoms with Gasteiger partial charge in [-0.1, -0.05) is 0 Å². The maximum Gasteiger partial charge on any atom is 0.305 e. The van der Waals surface area contributed by atoms with Crippen molar-refractivity contribution in [3.63, 3.8) is 0 Å². The molecule has 1 aliphatic heterocycles. The molecule has 2 rings (SSSR count). The van der Waals surface area contributed by atoms with Crippen molar-refractivity contribution in [2.75, 3.05) is 20.2 Å². The molecule has 1 aromatic heterocycles. The first kappa shape index (κ1) is 19.0. The van der Waals surface area contributed by atoms with Crippen LogP contribution in [0.1, 0.15) is 37.8 Å². The predicted octanol–water partition coefficient (Wildman–Crippen LogP) is 1.41. The Hall–Kier alpha value is -2.31. The molecule has 0 aliphatic carbocycles. The number of carbonyl (C=O) groups is 2. The highest BCUT2D eigenvalue weighted by atomic mass is 16.5. The van der Waals surface area contributed by atoms with Gasteiger partial charge in [0.15, 0.2) is 0 Å². The number of hydrogen-bond acceptors (Lipinski definition) is 5. The molecule has 1 amide bonds. The summed E-state index contributed by atoms with van der Waals surface area (Å²) < 4.78 is 12.1. The topological polar surface area (TPSA) is 77.8 Å². The number of aromatic nitrogens is 1. The first-order chi connectivity index (χ1) is 11.9. The lowest BCUT2D eigenvalue weighted by Crippen LogP contribution is -2.41. The van der Waals surface area contributed by atoms with Crippen LogP contribution in [0.4, 0.5) is 0 Å². The maximum atomic E-state index is 12.1. The number of piperidine rings is 1. The Balaban J connectivity index is 1.78. The second-order valence-electron chi connectivity index (χ2n) is 6.36. The minimum Gasteiger partial charge on any atom is -0.490 e. The van der Waals surface area contributed by atoms with Gasteiger partial charge in [0.1, 0.15) is 11.9 Å². The van der Waals surface area contributed by atoms with E-state index in [0.717, 1.165) is 18.5 Å². The average molecular weight is 350 g/mol. The highest BCUT2D eigenvalue weighted by molar-refractivity contribution is 5.77. The molecule has 1 aromatic rings. The number of aryl methyl sites for hydroxylation is 1. The molecule has 0 atom stereocenters. The highest BCUT2D eigenvalue weighted by Gasteiger charge is 2.24. The molecule has 0 aromatic carbocycles. The largest absolute Gasteiger partial charge is 0.490 e. The zero-order valence-electron chi connectivity index (χ0n) is 15.1. The Labute approximate surface area is 147 Å². The van der Waals surface area contributed by atoms with E-state index in [2.05, 4.69) is 4.74 Å². The third-order valence-electron chi connectivity index (χ3n) is 4.57. The second-order valence-corrected chi connectivity index (χ2v) is 6.36. The minimum absolute atomic E-state index is 0.00521. The van der Waals surface area contributed by atoms with Gasteiger partial charge in [-0.05, 0) is 19.4 Å². The normalized spacial score (nSPS) is 15.1. The molecular weight excluding hydrogens is 324 g/mol. The first-order valence-electron chi connectivity index (χ1n) is 8.59. The summed E-state index contributed by atoms with van der Waals surface area (Å²) in [5.74, 6) is 0.361. The predicted molar refractivity (Wildman–Crippen MR) is 92.5 cm³/mol. The number of hydrogen-bond donors (Lipinski definition) is 0. The molecule has 1 aliphatic rings. The lowest BCUT2D eigenvalue weighted by Gasteiger charge is -2.32. The maximum absolute atomic E-state index is 12.1. The molecule has 25 heavy (non-hydrogen) atoms. The van der Waals surface area contributed by atoms with E-state index >= 15 is 0 Å². The number of nitrogens with zero attached hydrogens (tertiary/aromatic N) is 2. The lowest BCUT2D eigenvalue weighted by molar-refractivity contribution is -0.141. The summed E-state index contributed by atoms with van der Waals surface area (Å²) in [6, 6.07) is 3.35. The third-order valence-corrected chi connectivity index (χ3v) is 4.57. The van der Waals surface area contributed by atoms with Crippen molar-refractivity contribution in [2.45, 2.75) is 45.1 Å². The summed E-state index contributed by atoms with van der Waals surface area (Å²) in [5, 5.41) is 0. The van der Waals surface area contributed by atoms with Crippen molar-refractivity contribution < 1.29 is 19.1 Å². The van der Waals surface area contributed by atoms with Gasteiger partial charge in [0, 0.05) is 57.6 Å². The van der Waals surface area contributed by atoms with Crippen molar-refractivity contribution in [1.82, 2.24) is 9.47 Å². The van der Waals surface area contributed by atoms with Crippen LogP contribution in [0.25, 0.3) is 0 Å². The van der Waals surface area contributed by atoms with E-state index < -0.39 is 0 Å². The summed E-state index contributed by atoms with van der Waals surface area (Å²) in [4.78, 5) is 36.8. The van der Waals surface area contributed by atoms with Crippen molar-refractivity contribution in [3.05, 3.63) is 28.2 Å². The van der Waals surface area contributed by atoms with Crippen LogP contribution in [0.5, 0.6) is 5.75 Å². The molecule has 7 heteroatoms. The zero-order chi connectivity index (χ0) is 18.4. The molecular formula is C18H26N2O5. The van der Waals surface area contributed by atoms with Crippen LogP contribution in [0.3, 0.4) is 0 Å². The second kappa shape index (κ2) is 8.69. The molecule has 0 N–H and O–H groups in total. The van der Waals surface area contributed by atoms with Gasteiger partial charge in [-0.15, -0.1) is 0 Å². The van der Waals surface area contributed by atoms with E-state index in [1.165, 1.54) is 13.2 Å². The average Bonchev–Trinajstić information content (AvgIpc) is 2.60. The Morgan fingerprint density at radius 1 is 1.20 bits per heavy atom. The van der Waals surface area contributed by atoms with Gasteiger partial charge >= 0.3 is 5.97 Å². The molecule has 0 radical (unpaired) electrons. The number of esters is 1. The summed E-state index contributed by atoms with van der Waals surface area (Å²) in [5.41, 5.74) is 0.758. The van der Waals surface area contributed by atoms with Gasteiger partial charge in [0.25, 0.3) is 5.56 Å². The Kier molecular flexibility index (Phi) is 6.61. The fourth-order valence-corrected chi connectivity index (χ4v) is 2.86. The SMILES string of the molecule is COC(=O)CCCC(=O)N1CCC(Oc2cc(C)n(C)c(=O)c2)CC1. The van der Waals surface area contributed by atoms with Crippen molar-refractivity contribution in [3.8, 4) is 5.75 Å². The molecule has 1 fully saturated rings. The number of pyridine rings is 1. The van der Waals surface area contributed by atoms with Gasteiger partial charge in [-0.25, -0.2) is 0 Å². The molecule has 7 nitrogen and oxygen atoms in total. The van der Waals surface area contributed by atoms with Gasteiger partial charge in [0.05, 0.1) is 7.11 Å². The van der Waals surface area contributed by atoms with Crippen LogP contribution in [0.15, 0.2) is 16.9 Å². The molecule has 1 saturated heterocycles. The van der Waals surface area contributed by atoms with Gasteiger partial charge < -0.3 is 18.9 Å². The Bertz CT molecular complexity index is 675. The van der Waals surface area contributed by atoms with Crippen LogP contribution >= 0.6 is 0 Å². The Morgan fingerprint density at radius 2 is 1.88 bits per heavy atom. The summed E-state index contributed by atoms with van der Waals surface area (Å²) in [6.07, 6.45) is 2.60. The van der Waals surface area contributed by atoms with Crippen molar-refractivity contribution in [2.24, 2.45) is 7.05 Å². The quantitative estimate of drug-likeness (QED) is 0.725.